The highest BCUT2D eigenvalue weighted by atomic mass is 16.5. The monoisotopic (exact) mass is 263 g/mol. The van der Waals surface area contributed by atoms with Crippen LogP contribution in [-0.2, 0) is 0 Å². The largest absolute Gasteiger partial charge is 0.494 e. The topological polar surface area (TPSA) is 41.5 Å². The zero-order valence-electron chi connectivity index (χ0n) is 11.9. The van der Waals surface area contributed by atoms with Gasteiger partial charge in [-0.1, -0.05) is 12.1 Å². The summed E-state index contributed by atoms with van der Waals surface area (Å²) >= 11 is 0. The maximum Gasteiger partial charge on any atom is 0.119 e. The molecule has 3 heteroatoms. The van der Waals surface area contributed by atoms with Crippen molar-refractivity contribution >= 4 is 0 Å². The van der Waals surface area contributed by atoms with E-state index in [1.165, 1.54) is 5.56 Å². The molecule has 19 heavy (non-hydrogen) atoms. The van der Waals surface area contributed by atoms with Crippen LogP contribution in [0.2, 0.25) is 0 Å². The molecule has 0 bridgehead atoms. The molecule has 106 valence electrons. The first-order chi connectivity index (χ1) is 9.19. The van der Waals surface area contributed by atoms with Gasteiger partial charge in [0.05, 0.1) is 12.7 Å². The van der Waals surface area contributed by atoms with E-state index < -0.39 is 0 Å². The van der Waals surface area contributed by atoms with Crippen molar-refractivity contribution in [3.63, 3.8) is 0 Å². The van der Waals surface area contributed by atoms with Gasteiger partial charge in [-0.25, -0.2) is 0 Å². The molecule has 1 aliphatic carbocycles. The SMILES string of the molecule is CCOc1ccc([C@@H](C)NC2CCC(O)CC2)cc1. The summed E-state index contributed by atoms with van der Waals surface area (Å²) in [6, 6.07) is 9.19. The molecule has 0 unspecified atom stereocenters. The van der Waals surface area contributed by atoms with Crippen LogP contribution in [-0.4, -0.2) is 23.9 Å². The summed E-state index contributed by atoms with van der Waals surface area (Å²) in [5, 5.41) is 13.2. The van der Waals surface area contributed by atoms with E-state index in [4.69, 9.17) is 4.74 Å². The molecule has 2 rings (SSSR count). The molecule has 3 nitrogen and oxygen atoms in total. The normalized spacial score (nSPS) is 25.0. The lowest BCUT2D eigenvalue weighted by Crippen LogP contribution is -2.36. The minimum Gasteiger partial charge on any atom is -0.494 e. The predicted octanol–water partition coefficient (Wildman–Crippen LogP) is 3.04. The number of benzene rings is 1. The van der Waals surface area contributed by atoms with E-state index in [0.717, 1.165) is 31.4 Å². The van der Waals surface area contributed by atoms with Crippen molar-refractivity contribution in [3.05, 3.63) is 29.8 Å². The molecule has 1 atom stereocenters. The van der Waals surface area contributed by atoms with E-state index in [1.54, 1.807) is 0 Å². The molecule has 1 saturated carbocycles. The summed E-state index contributed by atoms with van der Waals surface area (Å²) in [4.78, 5) is 0. The van der Waals surface area contributed by atoms with Crippen LogP contribution in [0.1, 0.15) is 51.1 Å². The maximum atomic E-state index is 9.52. The standard InChI is InChI=1S/C16H25NO2/c1-3-19-16-10-4-13(5-11-16)12(2)17-14-6-8-15(18)9-7-14/h4-5,10-12,14-15,17-18H,3,6-9H2,1-2H3/t12-,14?,15?/m1/s1. The van der Waals surface area contributed by atoms with Crippen molar-refractivity contribution in [3.8, 4) is 5.75 Å². The van der Waals surface area contributed by atoms with Crippen LogP contribution >= 0.6 is 0 Å². The second-order valence-corrected chi connectivity index (χ2v) is 5.40. The van der Waals surface area contributed by atoms with Crippen molar-refractivity contribution < 1.29 is 9.84 Å². The van der Waals surface area contributed by atoms with Crippen LogP contribution in [0.5, 0.6) is 5.75 Å². The number of hydrogen-bond donors (Lipinski definition) is 2. The Morgan fingerprint density at radius 3 is 2.42 bits per heavy atom. The van der Waals surface area contributed by atoms with Gasteiger partial charge in [0.15, 0.2) is 0 Å². The summed E-state index contributed by atoms with van der Waals surface area (Å²) < 4.78 is 5.45. The Morgan fingerprint density at radius 1 is 1.21 bits per heavy atom. The van der Waals surface area contributed by atoms with Crippen LogP contribution in [0.4, 0.5) is 0 Å². The van der Waals surface area contributed by atoms with Crippen LogP contribution in [0.25, 0.3) is 0 Å². The maximum absolute atomic E-state index is 9.52. The van der Waals surface area contributed by atoms with Gasteiger partial charge >= 0.3 is 0 Å². The summed E-state index contributed by atoms with van der Waals surface area (Å²) in [7, 11) is 0. The molecule has 1 aliphatic rings. The van der Waals surface area contributed by atoms with Gasteiger partial charge in [-0.05, 0) is 57.2 Å². The highest BCUT2D eigenvalue weighted by Crippen LogP contribution is 2.23. The first-order valence-electron chi connectivity index (χ1n) is 7.36. The summed E-state index contributed by atoms with van der Waals surface area (Å²) in [6.07, 6.45) is 3.91. The third kappa shape index (κ3) is 4.22. The molecule has 0 heterocycles. The molecule has 0 aliphatic heterocycles. The minimum atomic E-state index is -0.0844. The van der Waals surface area contributed by atoms with Gasteiger partial charge in [-0.2, -0.15) is 0 Å². The lowest BCUT2D eigenvalue weighted by molar-refractivity contribution is 0.114. The second kappa shape index (κ2) is 6.92. The van der Waals surface area contributed by atoms with Gasteiger partial charge in [-0.15, -0.1) is 0 Å². The van der Waals surface area contributed by atoms with Crippen LogP contribution in [0.15, 0.2) is 24.3 Å². The average Bonchev–Trinajstić information content (AvgIpc) is 2.42. The fourth-order valence-corrected chi connectivity index (χ4v) is 2.71. The van der Waals surface area contributed by atoms with Gasteiger partial charge < -0.3 is 15.2 Å². The molecule has 1 aromatic carbocycles. The fourth-order valence-electron chi connectivity index (χ4n) is 2.71. The van der Waals surface area contributed by atoms with Crippen molar-refractivity contribution in [1.29, 1.82) is 0 Å². The Hall–Kier alpha value is -1.06. The Morgan fingerprint density at radius 2 is 1.84 bits per heavy atom. The van der Waals surface area contributed by atoms with Crippen LogP contribution in [0.3, 0.4) is 0 Å². The molecule has 0 saturated heterocycles. The van der Waals surface area contributed by atoms with E-state index in [9.17, 15) is 5.11 Å². The third-order valence-electron chi connectivity index (χ3n) is 3.87. The van der Waals surface area contributed by atoms with Crippen molar-refractivity contribution in [2.45, 2.75) is 57.7 Å². The predicted molar refractivity (Wildman–Crippen MR) is 77.4 cm³/mol. The first-order valence-corrected chi connectivity index (χ1v) is 7.36. The van der Waals surface area contributed by atoms with Crippen molar-refractivity contribution in [2.24, 2.45) is 0 Å². The molecule has 0 radical (unpaired) electrons. The summed E-state index contributed by atoms with van der Waals surface area (Å²) in [6.45, 7) is 4.90. The van der Waals surface area contributed by atoms with E-state index in [2.05, 4.69) is 24.4 Å². The van der Waals surface area contributed by atoms with Crippen LogP contribution in [0, 0.1) is 0 Å². The van der Waals surface area contributed by atoms with Gasteiger partial charge in [0, 0.05) is 12.1 Å². The lowest BCUT2D eigenvalue weighted by atomic mass is 9.92. The number of hydrogen-bond acceptors (Lipinski definition) is 3. The van der Waals surface area contributed by atoms with E-state index in [1.807, 2.05) is 19.1 Å². The van der Waals surface area contributed by atoms with E-state index >= 15 is 0 Å². The zero-order valence-corrected chi connectivity index (χ0v) is 11.9. The molecular weight excluding hydrogens is 238 g/mol. The fraction of sp³-hybridized carbons (Fsp3) is 0.625. The van der Waals surface area contributed by atoms with E-state index in [0.29, 0.717) is 18.7 Å². The molecule has 0 amide bonds. The first kappa shape index (κ1) is 14.4. The minimum absolute atomic E-state index is 0.0844. The highest BCUT2D eigenvalue weighted by molar-refractivity contribution is 5.29. The van der Waals surface area contributed by atoms with E-state index in [-0.39, 0.29) is 6.10 Å². The summed E-state index contributed by atoms with van der Waals surface area (Å²) in [5.74, 6) is 0.930. The Kier molecular flexibility index (Phi) is 5.23. The molecule has 1 aromatic rings. The van der Waals surface area contributed by atoms with Crippen molar-refractivity contribution in [2.75, 3.05) is 6.61 Å². The smallest absolute Gasteiger partial charge is 0.119 e. The number of rotatable bonds is 5. The summed E-state index contributed by atoms with van der Waals surface area (Å²) in [5.41, 5.74) is 1.29. The number of ether oxygens (including phenoxy) is 1. The molecule has 0 aromatic heterocycles. The Balaban J connectivity index is 1.86. The number of nitrogens with one attached hydrogen (secondary N) is 1. The molecular formula is C16H25NO2. The second-order valence-electron chi connectivity index (χ2n) is 5.40. The molecule has 0 spiro atoms. The zero-order chi connectivity index (χ0) is 13.7. The quantitative estimate of drug-likeness (QED) is 0.858. The number of aliphatic hydroxyl groups excluding tert-OH is 1. The number of aliphatic hydroxyl groups is 1. The molecule has 1 fully saturated rings. The van der Waals surface area contributed by atoms with Gasteiger partial charge in [-0.3, -0.25) is 0 Å². The lowest BCUT2D eigenvalue weighted by Gasteiger charge is -2.29. The average molecular weight is 263 g/mol. The third-order valence-corrected chi connectivity index (χ3v) is 3.87. The Labute approximate surface area is 116 Å². The van der Waals surface area contributed by atoms with Crippen LogP contribution < -0.4 is 10.1 Å². The van der Waals surface area contributed by atoms with Crippen molar-refractivity contribution in [1.82, 2.24) is 5.32 Å². The van der Waals surface area contributed by atoms with Gasteiger partial charge in [0.25, 0.3) is 0 Å². The van der Waals surface area contributed by atoms with Gasteiger partial charge in [0.1, 0.15) is 5.75 Å². The Bertz CT molecular complexity index is 369. The highest BCUT2D eigenvalue weighted by Gasteiger charge is 2.20. The van der Waals surface area contributed by atoms with Gasteiger partial charge in [0.2, 0.25) is 0 Å². The molecule has 2 N–H and O–H groups in total.